The maximum atomic E-state index is 13.7. The smallest absolute Gasteiger partial charge is 0.133 e. The fourth-order valence-electron chi connectivity index (χ4n) is 2.18. The van der Waals surface area contributed by atoms with Crippen LogP contribution in [0.25, 0.3) is 0 Å². The summed E-state index contributed by atoms with van der Waals surface area (Å²) in [5.74, 6) is 0.703. The fraction of sp³-hybridized carbons (Fsp3) is 0.294. The van der Waals surface area contributed by atoms with Crippen molar-refractivity contribution < 1.29 is 14.2 Å². The van der Waals surface area contributed by atoms with Crippen molar-refractivity contribution in [2.75, 3.05) is 0 Å². The number of hydrogen-bond acceptors (Lipinski definition) is 2. The molecule has 0 fully saturated rings. The van der Waals surface area contributed by atoms with Gasteiger partial charge in [-0.1, -0.05) is 11.6 Å². The minimum absolute atomic E-state index is 0.360. The number of rotatable bonds is 3. The summed E-state index contributed by atoms with van der Waals surface area (Å²) in [6.07, 6.45) is -0.815. The minimum atomic E-state index is -0.815. The van der Waals surface area contributed by atoms with Gasteiger partial charge >= 0.3 is 0 Å². The van der Waals surface area contributed by atoms with Gasteiger partial charge in [0.15, 0.2) is 0 Å². The molecular formula is C17H18ClFO2. The van der Waals surface area contributed by atoms with E-state index in [1.54, 1.807) is 19.9 Å². The van der Waals surface area contributed by atoms with E-state index in [9.17, 15) is 9.50 Å². The van der Waals surface area contributed by atoms with Crippen LogP contribution in [0.3, 0.4) is 0 Å². The van der Waals surface area contributed by atoms with E-state index in [-0.39, 0.29) is 5.82 Å². The van der Waals surface area contributed by atoms with Gasteiger partial charge in [-0.05, 0) is 68.7 Å². The van der Waals surface area contributed by atoms with Crippen LogP contribution < -0.4 is 4.74 Å². The molecule has 0 bridgehead atoms. The summed E-state index contributed by atoms with van der Waals surface area (Å²) >= 11 is 6.14. The van der Waals surface area contributed by atoms with Crippen molar-refractivity contribution in [1.29, 1.82) is 0 Å². The van der Waals surface area contributed by atoms with Gasteiger partial charge in [0.1, 0.15) is 17.3 Å². The number of hydrogen-bond donors (Lipinski definition) is 1. The number of halogens is 2. The number of benzene rings is 2. The Kier molecular flexibility index (Phi) is 4.55. The summed E-state index contributed by atoms with van der Waals surface area (Å²) in [4.78, 5) is 0. The van der Waals surface area contributed by atoms with Crippen molar-refractivity contribution in [2.24, 2.45) is 0 Å². The van der Waals surface area contributed by atoms with Gasteiger partial charge in [0, 0.05) is 10.6 Å². The Labute approximate surface area is 129 Å². The van der Waals surface area contributed by atoms with Gasteiger partial charge in [-0.2, -0.15) is 0 Å². The Morgan fingerprint density at radius 3 is 2.14 bits per heavy atom. The molecule has 2 aromatic rings. The van der Waals surface area contributed by atoms with Crippen molar-refractivity contribution in [2.45, 2.75) is 33.8 Å². The summed E-state index contributed by atoms with van der Waals surface area (Å²) in [5.41, 5.74) is 2.70. The SMILES string of the molecule is Cc1cc(Oc2cc(C)c(Cl)c(C)c2)c([C@H](C)O)cc1F. The summed E-state index contributed by atoms with van der Waals surface area (Å²) in [6.45, 7) is 7.03. The molecule has 112 valence electrons. The Hall–Kier alpha value is -1.58. The normalized spacial score (nSPS) is 12.3. The van der Waals surface area contributed by atoms with E-state index in [1.165, 1.54) is 6.07 Å². The van der Waals surface area contributed by atoms with E-state index >= 15 is 0 Å². The number of aryl methyl sites for hydroxylation is 3. The molecule has 21 heavy (non-hydrogen) atoms. The standard InChI is InChI=1S/C17H18ClFO2/c1-9-7-16(14(12(4)20)8-15(9)19)21-13-5-10(2)17(18)11(3)6-13/h5-8,12,20H,1-4H3/t12-/m0/s1. The van der Waals surface area contributed by atoms with Crippen molar-refractivity contribution in [3.63, 3.8) is 0 Å². The first-order valence-corrected chi connectivity index (χ1v) is 7.10. The van der Waals surface area contributed by atoms with Gasteiger partial charge in [0.2, 0.25) is 0 Å². The molecule has 0 aromatic heterocycles. The number of aliphatic hydroxyl groups excluding tert-OH is 1. The summed E-state index contributed by atoms with van der Waals surface area (Å²) in [5, 5.41) is 10.5. The van der Waals surface area contributed by atoms with Crippen LogP contribution in [0, 0.1) is 26.6 Å². The zero-order chi connectivity index (χ0) is 15.7. The van der Waals surface area contributed by atoms with Gasteiger partial charge in [-0.25, -0.2) is 4.39 Å². The third-order valence-electron chi connectivity index (χ3n) is 3.38. The van der Waals surface area contributed by atoms with Gasteiger partial charge in [0.05, 0.1) is 6.10 Å². The highest BCUT2D eigenvalue weighted by Gasteiger charge is 2.14. The summed E-state index contributed by atoms with van der Waals surface area (Å²) in [6, 6.07) is 6.54. The van der Waals surface area contributed by atoms with Gasteiger partial charge in [0.25, 0.3) is 0 Å². The van der Waals surface area contributed by atoms with E-state index in [4.69, 9.17) is 16.3 Å². The second-order valence-electron chi connectivity index (χ2n) is 5.29. The molecule has 0 heterocycles. The van der Waals surface area contributed by atoms with Crippen LogP contribution in [-0.2, 0) is 0 Å². The molecule has 0 saturated carbocycles. The Morgan fingerprint density at radius 1 is 1.05 bits per heavy atom. The molecule has 1 N–H and O–H groups in total. The van der Waals surface area contributed by atoms with E-state index in [1.807, 2.05) is 26.0 Å². The molecule has 0 saturated heterocycles. The zero-order valence-corrected chi connectivity index (χ0v) is 13.3. The van der Waals surface area contributed by atoms with Crippen molar-refractivity contribution >= 4 is 11.6 Å². The first-order valence-electron chi connectivity index (χ1n) is 6.72. The number of ether oxygens (including phenoxy) is 1. The molecule has 4 heteroatoms. The van der Waals surface area contributed by atoms with Crippen LogP contribution in [0.4, 0.5) is 4.39 Å². The highest BCUT2D eigenvalue weighted by atomic mass is 35.5. The van der Waals surface area contributed by atoms with Crippen molar-refractivity contribution in [3.05, 3.63) is 57.4 Å². The monoisotopic (exact) mass is 308 g/mol. The quantitative estimate of drug-likeness (QED) is 0.839. The maximum absolute atomic E-state index is 13.7. The van der Waals surface area contributed by atoms with E-state index in [0.717, 1.165) is 11.1 Å². The molecule has 2 aromatic carbocycles. The molecule has 2 nitrogen and oxygen atoms in total. The van der Waals surface area contributed by atoms with Crippen LogP contribution >= 0.6 is 11.6 Å². The van der Waals surface area contributed by atoms with Crippen LogP contribution in [-0.4, -0.2) is 5.11 Å². The lowest BCUT2D eigenvalue weighted by atomic mass is 10.1. The molecule has 0 aliphatic carbocycles. The third kappa shape index (κ3) is 3.36. The Morgan fingerprint density at radius 2 is 1.62 bits per heavy atom. The summed E-state index contributed by atoms with van der Waals surface area (Å²) < 4.78 is 19.5. The molecule has 0 unspecified atom stereocenters. The highest BCUT2D eigenvalue weighted by molar-refractivity contribution is 6.32. The predicted octanol–water partition coefficient (Wildman–Crippen LogP) is 5.25. The second-order valence-corrected chi connectivity index (χ2v) is 5.67. The Bertz CT molecular complexity index is 658. The van der Waals surface area contributed by atoms with Gasteiger partial charge in [-0.3, -0.25) is 0 Å². The van der Waals surface area contributed by atoms with Gasteiger partial charge in [-0.15, -0.1) is 0 Å². The highest BCUT2D eigenvalue weighted by Crippen LogP contribution is 2.34. The van der Waals surface area contributed by atoms with Crippen molar-refractivity contribution in [3.8, 4) is 11.5 Å². The second kappa shape index (κ2) is 6.04. The average molecular weight is 309 g/mol. The van der Waals surface area contributed by atoms with Crippen LogP contribution in [0.1, 0.15) is 35.3 Å². The molecule has 2 rings (SSSR count). The third-order valence-corrected chi connectivity index (χ3v) is 3.98. The lowest BCUT2D eigenvalue weighted by Crippen LogP contribution is -1.99. The molecule has 0 radical (unpaired) electrons. The lowest BCUT2D eigenvalue weighted by Gasteiger charge is -2.16. The molecule has 0 aliphatic heterocycles. The first-order chi connectivity index (χ1) is 9.79. The predicted molar refractivity (Wildman–Crippen MR) is 82.8 cm³/mol. The van der Waals surface area contributed by atoms with Crippen molar-refractivity contribution in [1.82, 2.24) is 0 Å². The van der Waals surface area contributed by atoms with Crippen LogP contribution in [0.15, 0.2) is 24.3 Å². The molecular weight excluding hydrogens is 291 g/mol. The zero-order valence-electron chi connectivity index (χ0n) is 12.5. The Balaban J connectivity index is 2.46. The van der Waals surface area contributed by atoms with Crippen LogP contribution in [0.2, 0.25) is 5.02 Å². The molecule has 0 amide bonds. The minimum Gasteiger partial charge on any atom is -0.457 e. The molecule has 0 spiro atoms. The average Bonchev–Trinajstić information content (AvgIpc) is 2.39. The lowest BCUT2D eigenvalue weighted by molar-refractivity contribution is 0.195. The number of aliphatic hydroxyl groups is 1. The van der Waals surface area contributed by atoms with E-state index in [2.05, 4.69) is 0 Å². The largest absolute Gasteiger partial charge is 0.457 e. The summed E-state index contributed by atoms with van der Waals surface area (Å²) in [7, 11) is 0. The van der Waals surface area contributed by atoms with Crippen LogP contribution in [0.5, 0.6) is 11.5 Å². The topological polar surface area (TPSA) is 29.5 Å². The first kappa shape index (κ1) is 15.8. The van der Waals surface area contributed by atoms with E-state index < -0.39 is 6.10 Å². The van der Waals surface area contributed by atoms with E-state index in [0.29, 0.717) is 27.6 Å². The molecule has 0 aliphatic rings. The fourth-order valence-corrected chi connectivity index (χ4v) is 2.29. The maximum Gasteiger partial charge on any atom is 0.133 e. The molecule has 1 atom stereocenters. The van der Waals surface area contributed by atoms with Gasteiger partial charge < -0.3 is 9.84 Å².